The van der Waals surface area contributed by atoms with Crippen LogP contribution in [-0.2, 0) is 9.59 Å². The predicted molar refractivity (Wildman–Crippen MR) is 106 cm³/mol. The minimum absolute atomic E-state index is 0.0202. The molecule has 1 heterocycles. The molecular formula is C20H21F2N3O2S. The van der Waals surface area contributed by atoms with E-state index in [0.29, 0.717) is 17.8 Å². The van der Waals surface area contributed by atoms with Crippen LogP contribution >= 0.6 is 11.8 Å². The van der Waals surface area contributed by atoms with E-state index < -0.39 is 5.82 Å². The second-order valence-electron chi connectivity index (χ2n) is 6.56. The van der Waals surface area contributed by atoms with Gasteiger partial charge in [0.25, 0.3) is 0 Å². The summed E-state index contributed by atoms with van der Waals surface area (Å²) in [5.41, 5.74) is 0.852. The van der Waals surface area contributed by atoms with Gasteiger partial charge in [0.1, 0.15) is 17.0 Å². The Hall–Kier alpha value is -2.45. The molecule has 0 bridgehead atoms. The van der Waals surface area contributed by atoms with Crippen LogP contribution < -0.4 is 5.32 Å². The number of hydrogen-bond acceptors (Lipinski definition) is 4. The average molecular weight is 405 g/mol. The molecule has 1 aliphatic heterocycles. The Morgan fingerprint density at radius 3 is 2.71 bits per heavy atom. The first-order chi connectivity index (χ1) is 13.4. The van der Waals surface area contributed by atoms with Crippen LogP contribution in [0, 0.1) is 11.6 Å². The minimum Gasteiger partial charge on any atom is -0.325 e. The molecule has 28 heavy (non-hydrogen) atoms. The monoisotopic (exact) mass is 405 g/mol. The van der Waals surface area contributed by atoms with E-state index in [1.54, 1.807) is 41.1 Å². The Morgan fingerprint density at radius 2 is 1.96 bits per heavy atom. The fourth-order valence-electron chi connectivity index (χ4n) is 3.05. The number of nitrogens with zero attached hydrogens (tertiary/aromatic N) is 2. The Kier molecular flexibility index (Phi) is 6.64. The highest BCUT2D eigenvalue weighted by atomic mass is 32.2. The molecule has 2 aromatic carbocycles. The highest BCUT2D eigenvalue weighted by Crippen LogP contribution is 2.38. The van der Waals surface area contributed by atoms with Gasteiger partial charge < -0.3 is 10.2 Å². The maximum absolute atomic E-state index is 14.1. The van der Waals surface area contributed by atoms with E-state index in [4.69, 9.17) is 0 Å². The molecule has 2 amide bonds. The molecule has 0 aliphatic carbocycles. The van der Waals surface area contributed by atoms with Crippen LogP contribution in [0.15, 0.2) is 48.5 Å². The average Bonchev–Trinajstić information content (AvgIpc) is 3.11. The van der Waals surface area contributed by atoms with Gasteiger partial charge in [-0.25, -0.2) is 8.78 Å². The standard InChI is InChI=1S/C20H21F2N3O2S/c1-24(12-18(26)23-15-6-4-5-14(21)11-15)13-19(27)25-9-10-28-20(25)16-7-2-3-8-17(16)22/h2-8,11,20H,9-10,12-13H2,1H3,(H,23,26)/t20-/m0/s1. The van der Waals surface area contributed by atoms with E-state index in [1.807, 2.05) is 0 Å². The molecule has 0 saturated carbocycles. The van der Waals surface area contributed by atoms with E-state index in [0.717, 1.165) is 5.75 Å². The molecule has 0 spiro atoms. The zero-order chi connectivity index (χ0) is 20.1. The van der Waals surface area contributed by atoms with Gasteiger partial charge in [0, 0.05) is 23.5 Å². The summed E-state index contributed by atoms with van der Waals surface area (Å²) in [6, 6.07) is 12.1. The van der Waals surface area contributed by atoms with Crippen molar-refractivity contribution in [3.63, 3.8) is 0 Å². The van der Waals surface area contributed by atoms with Crippen molar-refractivity contribution >= 4 is 29.3 Å². The van der Waals surface area contributed by atoms with Crippen LogP contribution in [0.4, 0.5) is 14.5 Å². The first-order valence-corrected chi connectivity index (χ1v) is 9.88. The maximum atomic E-state index is 14.1. The topological polar surface area (TPSA) is 52.7 Å². The number of hydrogen-bond donors (Lipinski definition) is 1. The van der Waals surface area contributed by atoms with Crippen LogP contribution in [0.5, 0.6) is 0 Å². The third kappa shape index (κ3) is 5.08. The predicted octanol–water partition coefficient (Wildman–Crippen LogP) is 3.11. The fraction of sp³-hybridized carbons (Fsp3) is 0.300. The summed E-state index contributed by atoms with van der Waals surface area (Å²) >= 11 is 1.52. The van der Waals surface area contributed by atoms with Crippen molar-refractivity contribution in [1.29, 1.82) is 0 Å². The first kappa shape index (κ1) is 20.3. The summed E-state index contributed by atoms with van der Waals surface area (Å²) < 4.78 is 27.3. The van der Waals surface area contributed by atoms with Crippen LogP contribution in [0.3, 0.4) is 0 Å². The summed E-state index contributed by atoms with van der Waals surface area (Å²) in [5.74, 6) is -0.551. The number of carbonyl (C=O) groups excluding carboxylic acids is 2. The molecule has 1 aliphatic rings. The molecule has 2 aromatic rings. The molecule has 5 nitrogen and oxygen atoms in total. The third-order valence-corrected chi connectivity index (χ3v) is 5.55. The first-order valence-electron chi connectivity index (χ1n) is 8.83. The lowest BCUT2D eigenvalue weighted by atomic mass is 10.2. The lowest BCUT2D eigenvalue weighted by molar-refractivity contribution is -0.132. The number of benzene rings is 2. The molecule has 3 rings (SSSR count). The number of nitrogens with one attached hydrogen (secondary N) is 1. The van der Waals surface area contributed by atoms with Gasteiger partial charge in [-0.05, 0) is 31.3 Å². The second kappa shape index (κ2) is 9.16. The highest BCUT2D eigenvalue weighted by molar-refractivity contribution is 7.99. The number of likely N-dealkylation sites (N-methyl/N-ethyl adjacent to an activating group) is 1. The number of thioether (sulfide) groups is 1. The number of carbonyl (C=O) groups is 2. The number of anilines is 1. The van der Waals surface area contributed by atoms with Crippen molar-refractivity contribution < 1.29 is 18.4 Å². The largest absolute Gasteiger partial charge is 0.325 e. The van der Waals surface area contributed by atoms with Gasteiger partial charge in [0.15, 0.2) is 0 Å². The van der Waals surface area contributed by atoms with Crippen molar-refractivity contribution in [2.45, 2.75) is 5.37 Å². The molecule has 0 unspecified atom stereocenters. The van der Waals surface area contributed by atoms with Crippen LogP contribution in [0.1, 0.15) is 10.9 Å². The Labute approximate surface area is 166 Å². The zero-order valence-electron chi connectivity index (χ0n) is 15.4. The Bertz CT molecular complexity index is 865. The highest BCUT2D eigenvalue weighted by Gasteiger charge is 2.32. The van der Waals surface area contributed by atoms with Crippen LogP contribution in [0.2, 0.25) is 0 Å². The van der Waals surface area contributed by atoms with Crippen molar-refractivity contribution in [1.82, 2.24) is 9.80 Å². The Balaban J connectivity index is 1.56. The summed E-state index contributed by atoms with van der Waals surface area (Å²) in [6.07, 6.45) is 0. The molecule has 148 valence electrons. The van der Waals surface area contributed by atoms with Crippen molar-refractivity contribution in [2.24, 2.45) is 0 Å². The quantitative estimate of drug-likeness (QED) is 0.803. The van der Waals surface area contributed by atoms with Gasteiger partial charge in [-0.2, -0.15) is 0 Å². The molecule has 1 atom stereocenters. The van der Waals surface area contributed by atoms with E-state index in [2.05, 4.69) is 5.32 Å². The molecule has 8 heteroatoms. The van der Waals surface area contributed by atoms with Gasteiger partial charge in [-0.15, -0.1) is 11.8 Å². The smallest absolute Gasteiger partial charge is 0.238 e. The van der Waals surface area contributed by atoms with Crippen molar-refractivity contribution in [3.8, 4) is 0 Å². The number of amides is 2. The molecule has 1 N–H and O–H groups in total. The summed E-state index contributed by atoms with van der Waals surface area (Å²) in [6.45, 7) is 0.543. The van der Waals surface area contributed by atoms with Gasteiger partial charge in [0.05, 0.1) is 13.1 Å². The molecule has 1 saturated heterocycles. The van der Waals surface area contributed by atoms with E-state index in [1.165, 1.54) is 36.0 Å². The summed E-state index contributed by atoms with van der Waals surface area (Å²) in [7, 11) is 1.66. The second-order valence-corrected chi connectivity index (χ2v) is 7.75. The minimum atomic E-state index is -0.438. The molecule has 0 radical (unpaired) electrons. The number of rotatable bonds is 6. The zero-order valence-corrected chi connectivity index (χ0v) is 16.2. The van der Waals surface area contributed by atoms with Crippen molar-refractivity contribution in [2.75, 3.05) is 37.8 Å². The number of halogens is 2. The van der Waals surface area contributed by atoms with Gasteiger partial charge in [-0.3, -0.25) is 14.5 Å². The summed E-state index contributed by atoms with van der Waals surface area (Å²) in [4.78, 5) is 28.0. The van der Waals surface area contributed by atoms with E-state index in [-0.39, 0.29) is 36.1 Å². The van der Waals surface area contributed by atoms with Gasteiger partial charge in [0.2, 0.25) is 11.8 Å². The maximum Gasteiger partial charge on any atom is 0.238 e. The van der Waals surface area contributed by atoms with Crippen LogP contribution in [0.25, 0.3) is 0 Å². The van der Waals surface area contributed by atoms with Crippen LogP contribution in [-0.4, -0.2) is 54.0 Å². The van der Waals surface area contributed by atoms with Gasteiger partial charge >= 0.3 is 0 Å². The van der Waals surface area contributed by atoms with Crippen molar-refractivity contribution in [3.05, 3.63) is 65.7 Å². The molecular weight excluding hydrogens is 384 g/mol. The van der Waals surface area contributed by atoms with E-state index in [9.17, 15) is 18.4 Å². The molecule has 1 fully saturated rings. The van der Waals surface area contributed by atoms with Gasteiger partial charge in [-0.1, -0.05) is 24.3 Å². The molecule has 0 aromatic heterocycles. The summed E-state index contributed by atoms with van der Waals surface area (Å²) in [5, 5.41) is 2.24. The Morgan fingerprint density at radius 1 is 1.18 bits per heavy atom. The lowest BCUT2D eigenvalue weighted by Crippen LogP contribution is -2.41. The normalized spacial score (nSPS) is 16.4. The fourth-order valence-corrected chi connectivity index (χ4v) is 4.35. The third-order valence-electron chi connectivity index (χ3n) is 4.31. The lowest BCUT2D eigenvalue weighted by Gasteiger charge is -2.26. The SMILES string of the molecule is CN(CC(=O)Nc1cccc(F)c1)CC(=O)N1CCS[C@H]1c1ccccc1F. The van der Waals surface area contributed by atoms with E-state index >= 15 is 0 Å².